The molecule has 0 fully saturated rings. The zero-order valence-corrected chi connectivity index (χ0v) is 78.8. The van der Waals surface area contributed by atoms with Crippen LogP contribution in [-0.2, 0) is 22.7 Å². The van der Waals surface area contributed by atoms with Crippen LogP contribution in [0.3, 0.4) is 0 Å². The Morgan fingerprint density at radius 3 is 0.645 bits per heavy atom. The van der Waals surface area contributed by atoms with Crippen LogP contribution in [0.4, 0.5) is 26.3 Å². The van der Waals surface area contributed by atoms with Crippen LogP contribution in [0.1, 0.15) is 478 Å². The number of ether oxygens (including phenoxy) is 8. The monoisotopic (exact) mass is 1740 g/mol. The topological polar surface area (TPSA) is 108 Å². The number of carbonyl (C=O) groups is 2. The Bertz CT molecular complexity index is 3050. The Balaban J connectivity index is 1.41. The van der Waals surface area contributed by atoms with E-state index >= 15 is 26.3 Å². The normalized spacial score (nSPS) is 13.5. The fraction of sp³-hybridized carbons (Fsp3) is 0.767. The molecule has 0 spiro atoms. The predicted molar refractivity (Wildman–Crippen MR) is 495 cm³/mol. The molecule has 2 aromatic heterocycles. The van der Waals surface area contributed by atoms with E-state index in [0.717, 1.165) is 176 Å². The van der Waals surface area contributed by atoms with Gasteiger partial charge in [0, 0.05) is 30.7 Å². The molecule has 121 heavy (non-hydrogen) atoms. The molecule has 0 N–H and O–H groups in total. The van der Waals surface area contributed by atoms with E-state index in [1.165, 1.54) is 258 Å². The molecule has 0 bridgehead atoms. The molecule has 0 radical (unpaired) electrons. The lowest BCUT2D eigenvalue weighted by Gasteiger charge is -2.25. The zero-order valence-electron chi connectivity index (χ0n) is 77.2. The summed E-state index contributed by atoms with van der Waals surface area (Å²) in [5, 5.41) is 0. The first kappa shape index (κ1) is 106. The Kier molecular flexibility index (Phi) is 57.6. The van der Waals surface area contributed by atoms with Crippen molar-refractivity contribution in [2.24, 2.45) is 0 Å². The van der Waals surface area contributed by atoms with Gasteiger partial charge in [-0.1, -0.05) is 388 Å². The first-order chi connectivity index (χ1) is 58.9. The molecule has 4 aromatic rings. The number of hydrogen-bond acceptors (Lipinski definition) is 12. The summed E-state index contributed by atoms with van der Waals surface area (Å²) in [6, 6.07) is 8.65. The first-order valence-electron chi connectivity index (χ1n) is 49.5. The van der Waals surface area contributed by atoms with E-state index in [0.29, 0.717) is 74.1 Å². The number of alkyl halides is 6. The van der Waals surface area contributed by atoms with Crippen molar-refractivity contribution in [3.05, 3.63) is 78.2 Å². The molecule has 0 amide bonds. The maximum Gasteiger partial charge on any atom is 0.380 e. The highest BCUT2D eigenvalue weighted by Crippen LogP contribution is 2.66. The van der Waals surface area contributed by atoms with E-state index in [4.69, 9.17) is 37.9 Å². The summed E-state index contributed by atoms with van der Waals surface area (Å²) in [5.41, 5.74) is -3.89. The van der Waals surface area contributed by atoms with Crippen molar-refractivity contribution in [1.82, 2.24) is 0 Å². The number of thiophene rings is 2. The standard InChI is InChI=1S/C103H166F6O10S2/c1-9-15-21-27-33-39-45-51-57-63-69-112-91-75-85(76-92(113-70-64-58-52-46-40-34-28-22-16-10-2)97(91)116-73-67-61-55-49-43-37-31-25-19-13-5)99(110)118-81-87-79-89(83(7)120-87)95-96(102(106,107)103(108,109)101(95,104)105)90-80-88(121-84(90)8)82-119-100(111)86-77-93(114-71-65-59-53-47-41-35-29-23-17-11-3)98(117-74-68-62-56-50-44-38-32-26-20-14-6)94(78-86)115-72-66-60-54-48-42-36-30-24-18-12-4/h75-80H,9-74,81-82H2,1-8H3. The quantitative estimate of drug-likeness (QED) is 0.0241. The maximum atomic E-state index is 16.8. The van der Waals surface area contributed by atoms with Crippen LogP contribution in [0.2, 0.25) is 0 Å². The molecule has 0 unspecified atom stereocenters. The van der Waals surface area contributed by atoms with Crippen molar-refractivity contribution in [2.75, 3.05) is 39.6 Å². The lowest BCUT2D eigenvalue weighted by Crippen LogP contribution is -2.48. The lowest BCUT2D eigenvalue weighted by atomic mass is 9.95. The van der Waals surface area contributed by atoms with Gasteiger partial charge in [0.15, 0.2) is 23.0 Å². The SMILES string of the molecule is CCCCCCCCCCCCOc1cc(C(=O)OCc2cc(C3=C(c4cc(COC(=O)c5cc(OCCCCCCCCCCCC)c(OCCCCCCCCCCCC)c(OCCCCCCCCCCCC)c5)sc4C)C(F)(F)C(F)(F)C3(F)F)c(C)s2)cc(OCCCCCCCCCCCC)c1OCCCCCCCCCCCC. The van der Waals surface area contributed by atoms with Crippen LogP contribution in [0.15, 0.2) is 36.4 Å². The van der Waals surface area contributed by atoms with Crippen LogP contribution in [0.25, 0.3) is 11.1 Å². The second kappa shape index (κ2) is 65.5. The van der Waals surface area contributed by atoms with Crippen LogP contribution in [-0.4, -0.2) is 69.3 Å². The molecular weight excluding hydrogens is 1580 g/mol. The summed E-state index contributed by atoms with van der Waals surface area (Å²) in [4.78, 5) is 29.4. The summed E-state index contributed by atoms with van der Waals surface area (Å²) < 4.78 is 151. The van der Waals surface area contributed by atoms with Crippen molar-refractivity contribution < 1.29 is 73.8 Å². The number of carbonyl (C=O) groups excluding carboxylic acids is 2. The van der Waals surface area contributed by atoms with Crippen LogP contribution in [0.5, 0.6) is 34.5 Å². The number of rotatable bonds is 80. The van der Waals surface area contributed by atoms with Gasteiger partial charge in [-0.25, -0.2) is 9.59 Å². The van der Waals surface area contributed by atoms with E-state index in [2.05, 4.69) is 41.5 Å². The summed E-state index contributed by atoms with van der Waals surface area (Å²) in [7, 11) is 0. The van der Waals surface area contributed by atoms with Crippen LogP contribution in [0, 0.1) is 13.8 Å². The van der Waals surface area contributed by atoms with Crippen molar-refractivity contribution in [1.29, 1.82) is 0 Å². The molecule has 692 valence electrons. The lowest BCUT2D eigenvalue weighted by molar-refractivity contribution is -0.254. The molecule has 1 aliphatic rings. The summed E-state index contributed by atoms with van der Waals surface area (Å²) in [6.07, 6.45) is 69.2. The van der Waals surface area contributed by atoms with Gasteiger partial charge in [-0.15, -0.1) is 22.7 Å². The molecule has 0 atom stereocenters. The Labute approximate surface area is 739 Å². The highest BCUT2D eigenvalue weighted by Gasteiger charge is 2.80. The number of aryl methyl sites for hydroxylation is 2. The van der Waals surface area contributed by atoms with Crippen molar-refractivity contribution in [2.45, 2.75) is 472 Å². The summed E-state index contributed by atoms with van der Waals surface area (Å²) >= 11 is 1.77. The minimum absolute atomic E-state index is 0.0388. The number of allylic oxidation sites excluding steroid dienone is 2. The van der Waals surface area contributed by atoms with Gasteiger partial charge in [-0.2, -0.15) is 26.3 Å². The highest BCUT2D eigenvalue weighted by atomic mass is 32.1. The van der Waals surface area contributed by atoms with Crippen LogP contribution >= 0.6 is 22.7 Å². The minimum atomic E-state index is -5.85. The van der Waals surface area contributed by atoms with Gasteiger partial charge in [0.1, 0.15) is 13.2 Å². The van der Waals surface area contributed by atoms with Crippen molar-refractivity contribution in [3.8, 4) is 34.5 Å². The molecule has 0 saturated heterocycles. The second-order valence-electron chi connectivity index (χ2n) is 34.8. The second-order valence-corrected chi connectivity index (χ2v) is 37.5. The summed E-state index contributed by atoms with van der Waals surface area (Å²) in [5.74, 6) is -16.0. The molecule has 0 saturated carbocycles. The zero-order chi connectivity index (χ0) is 87.3. The molecule has 18 heteroatoms. The number of unbranched alkanes of at least 4 members (excludes halogenated alkanes) is 54. The predicted octanol–water partition coefficient (Wildman–Crippen LogP) is 34.8. The van der Waals surface area contributed by atoms with Gasteiger partial charge >= 0.3 is 29.7 Å². The Morgan fingerprint density at radius 2 is 0.446 bits per heavy atom. The number of benzene rings is 2. The van der Waals surface area contributed by atoms with E-state index in [1.807, 2.05) is 0 Å². The molecule has 5 rings (SSSR count). The van der Waals surface area contributed by atoms with E-state index in [9.17, 15) is 9.59 Å². The maximum absolute atomic E-state index is 16.8. The Hall–Kier alpha value is -5.10. The highest BCUT2D eigenvalue weighted by molar-refractivity contribution is 7.12. The van der Waals surface area contributed by atoms with Gasteiger partial charge in [0.25, 0.3) is 0 Å². The fourth-order valence-corrected chi connectivity index (χ4v) is 18.2. The molecule has 0 aliphatic heterocycles. The third-order valence-electron chi connectivity index (χ3n) is 23.9. The molecule has 10 nitrogen and oxygen atoms in total. The molecule has 2 heterocycles. The smallest absolute Gasteiger partial charge is 0.380 e. The van der Waals surface area contributed by atoms with Gasteiger partial charge in [0.2, 0.25) is 11.5 Å². The van der Waals surface area contributed by atoms with E-state index < -0.39 is 65.2 Å². The van der Waals surface area contributed by atoms with E-state index in [1.54, 1.807) is 24.3 Å². The first-order valence-corrected chi connectivity index (χ1v) is 51.1. The minimum Gasteiger partial charge on any atom is -0.490 e. The van der Waals surface area contributed by atoms with Gasteiger partial charge < -0.3 is 37.9 Å². The third-order valence-corrected chi connectivity index (χ3v) is 25.9. The molecular formula is C103H166F6O10S2. The van der Waals surface area contributed by atoms with E-state index in [-0.39, 0.29) is 30.6 Å². The van der Waals surface area contributed by atoms with Gasteiger partial charge in [-0.05, 0) is 99.9 Å². The largest absolute Gasteiger partial charge is 0.490 e. The fourth-order valence-electron chi connectivity index (χ4n) is 16.3. The number of halogens is 6. The molecule has 1 aliphatic carbocycles. The third kappa shape index (κ3) is 41.0. The number of esters is 2. The number of hydrogen-bond donors (Lipinski definition) is 0. The van der Waals surface area contributed by atoms with Gasteiger partial charge in [0.05, 0.1) is 50.8 Å². The van der Waals surface area contributed by atoms with Gasteiger partial charge in [-0.3, -0.25) is 0 Å². The van der Waals surface area contributed by atoms with Crippen molar-refractivity contribution in [3.63, 3.8) is 0 Å². The average Bonchev–Trinajstić information content (AvgIpc) is 1.53. The van der Waals surface area contributed by atoms with Crippen molar-refractivity contribution >= 4 is 45.8 Å². The molecule has 2 aromatic carbocycles. The average molecular weight is 1740 g/mol. The summed E-state index contributed by atoms with van der Waals surface area (Å²) in [6.45, 7) is 17.5. The Morgan fingerprint density at radius 1 is 0.264 bits per heavy atom. The van der Waals surface area contributed by atoms with Crippen LogP contribution < -0.4 is 28.4 Å².